The summed E-state index contributed by atoms with van der Waals surface area (Å²) in [5.41, 5.74) is -1.44. The van der Waals surface area contributed by atoms with Gasteiger partial charge in [-0.2, -0.15) is 22.5 Å². The van der Waals surface area contributed by atoms with Crippen LogP contribution < -0.4 is 4.90 Å². The van der Waals surface area contributed by atoms with E-state index in [9.17, 15) is 22.0 Å². The molecule has 0 radical (unpaired) electrons. The number of nitrogens with zero attached hydrogens (tertiary/aromatic N) is 5. The van der Waals surface area contributed by atoms with Crippen LogP contribution in [-0.2, 0) is 0 Å². The fraction of sp³-hybridized carbons (Fsp3) is 0.227. The quantitative estimate of drug-likeness (QED) is 0.312. The van der Waals surface area contributed by atoms with E-state index in [-0.39, 0.29) is 11.3 Å². The van der Waals surface area contributed by atoms with Crippen molar-refractivity contribution < 1.29 is 22.0 Å². The predicted octanol–water partition coefficient (Wildman–Crippen LogP) is 5.26. The van der Waals surface area contributed by atoms with Crippen molar-refractivity contribution in [2.45, 2.75) is 20.0 Å². The number of hydrogen-bond donors (Lipinski definition) is 0. The van der Waals surface area contributed by atoms with Gasteiger partial charge in [0.2, 0.25) is 0 Å². The van der Waals surface area contributed by atoms with Crippen LogP contribution in [0.25, 0.3) is 16.7 Å². The number of anilines is 2. The smallest absolute Gasteiger partial charge is 0.329 e. The molecule has 0 spiro atoms. The van der Waals surface area contributed by atoms with Gasteiger partial charge >= 0.3 is 12.3 Å². The molecular weight excluding hydrogens is 429 g/mol. The predicted molar refractivity (Wildman–Crippen MR) is 109 cm³/mol. The Bertz CT molecular complexity index is 1400. The highest BCUT2D eigenvalue weighted by atomic mass is 19.4. The maximum Gasteiger partial charge on any atom is 0.404 e. The minimum Gasteiger partial charge on any atom is -0.329 e. The number of para-hydroxylation sites is 1. The second-order valence-corrected chi connectivity index (χ2v) is 7.69. The Kier molecular flexibility index (Phi) is 5.00. The Morgan fingerprint density at radius 3 is 2.44 bits per heavy atom. The fourth-order valence-electron chi connectivity index (χ4n) is 3.07. The molecule has 0 atom stereocenters. The number of rotatable bonds is 2. The summed E-state index contributed by atoms with van der Waals surface area (Å²) >= 11 is 0. The van der Waals surface area contributed by atoms with E-state index in [1.54, 1.807) is 31.3 Å². The van der Waals surface area contributed by atoms with Crippen LogP contribution >= 0.6 is 0 Å². The van der Waals surface area contributed by atoms with Crippen LogP contribution in [0.15, 0.2) is 42.5 Å². The van der Waals surface area contributed by atoms with Crippen LogP contribution in [0.2, 0.25) is 0 Å². The SMILES string of the molecule is CN(c1cc(F)cc(C#CC(C)(C)C(F)(F)F)c1)c1nc2nnc(F)n2c2ccccc12. The summed E-state index contributed by atoms with van der Waals surface area (Å²) in [5, 5.41) is 7.66. The average molecular weight is 445 g/mol. The zero-order valence-corrected chi connectivity index (χ0v) is 17.2. The Morgan fingerprint density at radius 1 is 1.00 bits per heavy atom. The molecule has 0 unspecified atom stereocenters. The molecule has 10 heteroatoms. The molecule has 0 aliphatic carbocycles. The first-order valence-electron chi connectivity index (χ1n) is 9.41. The van der Waals surface area contributed by atoms with Crippen LogP contribution in [0.3, 0.4) is 0 Å². The minimum atomic E-state index is -4.53. The van der Waals surface area contributed by atoms with E-state index in [1.165, 1.54) is 17.0 Å². The number of aromatic nitrogens is 4. The van der Waals surface area contributed by atoms with E-state index in [0.717, 1.165) is 24.3 Å². The molecule has 0 N–H and O–H groups in total. The molecule has 2 aromatic carbocycles. The second kappa shape index (κ2) is 7.44. The van der Waals surface area contributed by atoms with E-state index in [0.29, 0.717) is 22.4 Å². The molecule has 0 aliphatic rings. The minimum absolute atomic E-state index is 0.00592. The summed E-state index contributed by atoms with van der Waals surface area (Å²) in [6.07, 6.45) is -5.35. The first-order chi connectivity index (χ1) is 15.0. The van der Waals surface area contributed by atoms with Gasteiger partial charge in [-0.1, -0.05) is 29.1 Å². The number of fused-ring (bicyclic) bond motifs is 3. The summed E-state index contributed by atoms with van der Waals surface area (Å²) in [4.78, 5) is 5.87. The molecule has 164 valence electrons. The summed E-state index contributed by atoms with van der Waals surface area (Å²) in [6.45, 7) is 1.91. The van der Waals surface area contributed by atoms with E-state index >= 15 is 0 Å². The molecule has 2 heterocycles. The third-order valence-corrected chi connectivity index (χ3v) is 5.01. The van der Waals surface area contributed by atoms with Gasteiger partial charge in [-0.25, -0.2) is 8.79 Å². The van der Waals surface area contributed by atoms with Crippen molar-refractivity contribution in [3.05, 3.63) is 59.9 Å². The molecule has 0 fully saturated rings. The molecule has 0 saturated carbocycles. The van der Waals surface area contributed by atoms with Crippen LogP contribution in [0, 0.1) is 29.2 Å². The van der Waals surface area contributed by atoms with Gasteiger partial charge in [0.25, 0.3) is 5.78 Å². The summed E-state index contributed by atoms with van der Waals surface area (Å²) in [7, 11) is 1.60. The number of alkyl halides is 3. The van der Waals surface area contributed by atoms with Crippen LogP contribution in [0.5, 0.6) is 0 Å². The largest absolute Gasteiger partial charge is 0.404 e. The van der Waals surface area contributed by atoms with Gasteiger partial charge in [0.15, 0.2) is 0 Å². The molecule has 2 aromatic heterocycles. The van der Waals surface area contributed by atoms with Crippen molar-refractivity contribution in [2.24, 2.45) is 5.41 Å². The Labute approximate surface area is 179 Å². The number of benzene rings is 2. The second-order valence-electron chi connectivity index (χ2n) is 7.69. The zero-order chi connectivity index (χ0) is 23.3. The normalized spacial score (nSPS) is 12.1. The van der Waals surface area contributed by atoms with Gasteiger partial charge in [0, 0.05) is 23.7 Å². The van der Waals surface area contributed by atoms with Crippen molar-refractivity contribution in [1.29, 1.82) is 0 Å². The fourth-order valence-corrected chi connectivity index (χ4v) is 3.07. The standard InChI is InChI=1S/C22H16F5N5/c1-21(2,22(25,26)27)9-8-13-10-14(23)12-15(11-13)31(3)18-16-6-4-5-7-17(16)32-19(24)29-30-20(32)28-18/h4-7,10-12H,1-3H3. The van der Waals surface area contributed by atoms with Crippen molar-refractivity contribution in [3.8, 4) is 11.8 Å². The summed E-state index contributed by atoms with van der Waals surface area (Å²) in [5.74, 6) is 4.24. The first-order valence-corrected chi connectivity index (χ1v) is 9.41. The first kappa shape index (κ1) is 21.5. The van der Waals surface area contributed by atoms with Gasteiger partial charge in [-0.15, -0.1) is 5.10 Å². The molecule has 0 aliphatic heterocycles. The average Bonchev–Trinajstić information content (AvgIpc) is 3.11. The maximum atomic E-state index is 14.3. The third kappa shape index (κ3) is 3.70. The number of hydrogen-bond acceptors (Lipinski definition) is 4. The van der Waals surface area contributed by atoms with Crippen molar-refractivity contribution >= 4 is 28.2 Å². The number of halogens is 5. The van der Waals surface area contributed by atoms with Crippen LogP contribution in [-0.4, -0.2) is 32.8 Å². The van der Waals surface area contributed by atoms with E-state index in [1.807, 2.05) is 0 Å². The monoisotopic (exact) mass is 445 g/mol. The third-order valence-electron chi connectivity index (χ3n) is 5.01. The van der Waals surface area contributed by atoms with Crippen LogP contribution in [0.1, 0.15) is 19.4 Å². The van der Waals surface area contributed by atoms with Gasteiger partial charge in [-0.05, 0) is 44.2 Å². The molecule has 4 aromatic rings. The lowest BCUT2D eigenvalue weighted by molar-refractivity contribution is -0.190. The van der Waals surface area contributed by atoms with Gasteiger partial charge < -0.3 is 4.90 Å². The van der Waals surface area contributed by atoms with Crippen molar-refractivity contribution in [3.63, 3.8) is 0 Å². The van der Waals surface area contributed by atoms with Gasteiger partial charge in [0.05, 0.1) is 5.52 Å². The van der Waals surface area contributed by atoms with E-state index < -0.39 is 23.5 Å². The summed E-state index contributed by atoms with van der Waals surface area (Å²) < 4.78 is 68.8. The molecule has 0 amide bonds. The lowest BCUT2D eigenvalue weighted by atomic mass is 9.93. The van der Waals surface area contributed by atoms with Gasteiger partial charge in [-0.3, -0.25) is 0 Å². The van der Waals surface area contributed by atoms with Crippen molar-refractivity contribution in [2.75, 3.05) is 11.9 Å². The zero-order valence-electron chi connectivity index (χ0n) is 17.2. The summed E-state index contributed by atoms with van der Waals surface area (Å²) in [6, 6.07) is 10.5. The highest BCUT2D eigenvalue weighted by Gasteiger charge is 2.46. The topological polar surface area (TPSA) is 46.3 Å². The molecule has 0 bridgehead atoms. The molecule has 32 heavy (non-hydrogen) atoms. The lowest BCUT2D eigenvalue weighted by Gasteiger charge is -2.22. The highest BCUT2D eigenvalue weighted by Crippen LogP contribution is 2.37. The molecule has 5 nitrogen and oxygen atoms in total. The van der Waals surface area contributed by atoms with Crippen LogP contribution in [0.4, 0.5) is 33.5 Å². The van der Waals surface area contributed by atoms with Gasteiger partial charge in [0.1, 0.15) is 17.1 Å². The maximum absolute atomic E-state index is 14.3. The molecule has 4 rings (SSSR count). The van der Waals surface area contributed by atoms with Crippen molar-refractivity contribution in [1.82, 2.24) is 19.6 Å². The van der Waals surface area contributed by atoms with E-state index in [4.69, 9.17) is 0 Å². The molecular formula is C22H16F5N5. The lowest BCUT2D eigenvalue weighted by Crippen LogP contribution is -2.30. The molecule has 0 saturated heterocycles. The highest BCUT2D eigenvalue weighted by molar-refractivity contribution is 5.93. The van der Waals surface area contributed by atoms with E-state index in [2.05, 4.69) is 27.0 Å². The Morgan fingerprint density at radius 2 is 1.72 bits per heavy atom. The Hall–Kier alpha value is -3.74. The Balaban J connectivity index is 1.83.